The molecule has 3 rings (SSSR count). The van der Waals surface area contributed by atoms with Crippen molar-refractivity contribution in [1.82, 2.24) is 15.1 Å². The summed E-state index contributed by atoms with van der Waals surface area (Å²) < 4.78 is 0. The molecule has 1 atom stereocenters. The third-order valence-electron chi connectivity index (χ3n) is 5.07. The highest BCUT2D eigenvalue weighted by molar-refractivity contribution is 5.93. The molecule has 2 fully saturated rings. The molecule has 2 heterocycles. The normalized spacial score (nSPS) is 23.1. The van der Waals surface area contributed by atoms with Crippen molar-refractivity contribution in [3.63, 3.8) is 0 Å². The Morgan fingerprint density at radius 3 is 2.52 bits per heavy atom. The maximum absolute atomic E-state index is 12.3. The molecule has 5 nitrogen and oxygen atoms in total. The summed E-state index contributed by atoms with van der Waals surface area (Å²) in [5, 5.41) is 6.52. The molecule has 0 bridgehead atoms. The number of rotatable bonds is 4. The van der Waals surface area contributed by atoms with Crippen molar-refractivity contribution in [1.29, 1.82) is 0 Å². The Morgan fingerprint density at radius 2 is 1.91 bits per heavy atom. The van der Waals surface area contributed by atoms with E-state index in [4.69, 9.17) is 0 Å². The van der Waals surface area contributed by atoms with Gasteiger partial charge in [0.1, 0.15) is 0 Å². The van der Waals surface area contributed by atoms with Crippen LogP contribution in [-0.4, -0.2) is 67.6 Å². The van der Waals surface area contributed by atoms with Gasteiger partial charge in [0.2, 0.25) is 5.91 Å². The number of hydrogen-bond acceptors (Lipinski definition) is 4. The first-order chi connectivity index (χ1) is 11.1. The predicted octanol–water partition coefficient (Wildman–Crippen LogP) is 1.22. The van der Waals surface area contributed by atoms with Gasteiger partial charge in [0.25, 0.3) is 0 Å². The van der Waals surface area contributed by atoms with Crippen LogP contribution in [0.25, 0.3) is 0 Å². The third kappa shape index (κ3) is 4.10. The van der Waals surface area contributed by atoms with E-state index in [2.05, 4.69) is 20.4 Å². The lowest BCUT2D eigenvalue weighted by molar-refractivity contribution is -0.117. The number of piperazine rings is 1. The van der Waals surface area contributed by atoms with Crippen molar-refractivity contribution in [2.75, 3.05) is 51.1 Å². The number of nitrogens with zero attached hydrogens (tertiary/aromatic N) is 2. The quantitative estimate of drug-likeness (QED) is 0.877. The summed E-state index contributed by atoms with van der Waals surface area (Å²) in [6, 6.07) is 6.80. The summed E-state index contributed by atoms with van der Waals surface area (Å²) in [7, 11) is 0. The Bertz CT molecular complexity index is 526. The molecule has 5 heteroatoms. The average Bonchev–Trinajstić information content (AvgIpc) is 3.06. The molecule has 126 valence electrons. The molecule has 2 aliphatic heterocycles. The predicted molar refractivity (Wildman–Crippen MR) is 93.8 cm³/mol. The van der Waals surface area contributed by atoms with Crippen LogP contribution in [0.3, 0.4) is 0 Å². The van der Waals surface area contributed by atoms with Gasteiger partial charge in [-0.2, -0.15) is 0 Å². The zero-order chi connectivity index (χ0) is 16.2. The molecule has 0 saturated carbocycles. The van der Waals surface area contributed by atoms with Gasteiger partial charge in [-0.3, -0.25) is 14.6 Å². The number of amides is 1. The molecule has 23 heavy (non-hydrogen) atoms. The summed E-state index contributed by atoms with van der Waals surface area (Å²) in [6.07, 6.45) is 1.26. The van der Waals surface area contributed by atoms with E-state index in [1.54, 1.807) is 0 Å². The van der Waals surface area contributed by atoms with E-state index >= 15 is 0 Å². The van der Waals surface area contributed by atoms with E-state index < -0.39 is 0 Å². The Hall–Kier alpha value is -1.43. The Labute approximate surface area is 139 Å². The fraction of sp³-hybridized carbons (Fsp3) is 0.611. The first-order valence-corrected chi connectivity index (χ1v) is 8.66. The highest BCUT2D eigenvalue weighted by atomic mass is 16.2. The van der Waals surface area contributed by atoms with Crippen molar-refractivity contribution in [3.8, 4) is 0 Å². The molecule has 0 aromatic heterocycles. The highest BCUT2D eigenvalue weighted by Gasteiger charge is 2.26. The van der Waals surface area contributed by atoms with Crippen LogP contribution < -0.4 is 10.6 Å². The molecule has 2 aliphatic rings. The monoisotopic (exact) mass is 316 g/mol. The molecule has 0 radical (unpaired) electrons. The first-order valence-electron chi connectivity index (χ1n) is 8.66. The summed E-state index contributed by atoms with van der Waals surface area (Å²) in [5.74, 6) is 0.0957. The van der Waals surface area contributed by atoms with Crippen LogP contribution in [0.1, 0.15) is 17.5 Å². The lowest BCUT2D eigenvalue weighted by Crippen LogP contribution is -2.52. The summed E-state index contributed by atoms with van der Waals surface area (Å²) in [4.78, 5) is 17.2. The molecule has 0 spiro atoms. The first kappa shape index (κ1) is 16.4. The number of carbonyl (C=O) groups is 1. The van der Waals surface area contributed by atoms with E-state index in [1.807, 2.05) is 32.0 Å². The molecule has 2 N–H and O–H groups in total. The summed E-state index contributed by atoms with van der Waals surface area (Å²) >= 11 is 0. The molecule has 1 unspecified atom stereocenters. The Morgan fingerprint density at radius 1 is 1.22 bits per heavy atom. The third-order valence-corrected chi connectivity index (χ3v) is 5.07. The number of benzene rings is 1. The average molecular weight is 316 g/mol. The van der Waals surface area contributed by atoms with Gasteiger partial charge >= 0.3 is 0 Å². The smallest absolute Gasteiger partial charge is 0.238 e. The number of carbonyl (C=O) groups excluding carboxylic acids is 1. The van der Waals surface area contributed by atoms with Gasteiger partial charge in [-0.05, 0) is 37.9 Å². The number of aryl methyl sites for hydroxylation is 2. The van der Waals surface area contributed by atoms with Gasteiger partial charge in [-0.1, -0.05) is 18.2 Å². The number of para-hydroxylation sites is 1. The van der Waals surface area contributed by atoms with Crippen LogP contribution >= 0.6 is 0 Å². The lowest BCUT2D eigenvalue weighted by Gasteiger charge is -2.37. The standard InChI is InChI=1S/C18H28N4O/c1-14-4-3-5-15(2)18(14)20-17(23)13-21-8-10-22(11-9-21)16-6-7-19-12-16/h3-5,16,19H,6-13H2,1-2H3,(H,20,23). The van der Waals surface area contributed by atoms with Crippen molar-refractivity contribution < 1.29 is 4.79 Å². The molecule has 0 aliphatic carbocycles. The van der Waals surface area contributed by atoms with Gasteiger partial charge in [0.15, 0.2) is 0 Å². The Kier molecular flexibility index (Phi) is 5.30. The fourth-order valence-electron chi connectivity index (χ4n) is 3.63. The second-order valence-corrected chi connectivity index (χ2v) is 6.77. The second-order valence-electron chi connectivity index (χ2n) is 6.77. The molecule has 1 aromatic rings. The van der Waals surface area contributed by atoms with Crippen LogP contribution in [0, 0.1) is 13.8 Å². The maximum atomic E-state index is 12.3. The van der Waals surface area contributed by atoms with Crippen molar-refractivity contribution in [3.05, 3.63) is 29.3 Å². The number of hydrogen-bond donors (Lipinski definition) is 2. The van der Waals surface area contributed by atoms with Gasteiger partial charge in [-0.15, -0.1) is 0 Å². The van der Waals surface area contributed by atoms with Gasteiger partial charge in [0, 0.05) is 44.5 Å². The van der Waals surface area contributed by atoms with Crippen molar-refractivity contribution in [2.24, 2.45) is 0 Å². The topological polar surface area (TPSA) is 47.6 Å². The van der Waals surface area contributed by atoms with Crippen molar-refractivity contribution >= 4 is 11.6 Å². The van der Waals surface area contributed by atoms with E-state index in [0.29, 0.717) is 12.6 Å². The maximum Gasteiger partial charge on any atom is 0.238 e. The van der Waals surface area contributed by atoms with Gasteiger partial charge in [-0.25, -0.2) is 0 Å². The zero-order valence-electron chi connectivity index (χ0n) is 14.3. The highest BCUT2D eigenvalue weighted by Crippen LogP contribution is 2.19. The molecular weight excluding hydrogens is 288 g/mol. The van der Waals surface area contributed by atoms with Gasteiger partial charge < -0.3 is 10.6 Å². The second kappa shape index (κ2) is 7.43. The minimum Gasteiger partial charge on any atom is -0.324 e. The SMILES string of the molecule is Cc1cccc(C)c1NC(=O)CN1CCN(C2CCNC2)CC1. The van der Waals surface area contributed by atoms with E-state index in [0.717, 1.165) is 56.1 Å². The van der Waals surface area contributed by atoms with Crippen molar-refractivity contribution in [2.45, 2.75) is 26.3 Å². The minimum atomic E-state index is 0.0957. The summed E-state index contributed by atoms with van der Waals surface area (Å²) in [5.41, 5.74) is 3.21. The zero-order valence-corrected chi connectivity index (χ0v) is 14.3. The molecular formula is C18H28N4O. The fourth-order valence-corrected chi connectivity index (χ4v) is 3.63. The molecule has 1 amide bonds. The van der Waals surface area contributed by atoms with Crippen LogP contribution in [0.2, 0.25) is 0 Å². The van der Waals surface area contributed by atoms with Crippen LogP contribution in [-0.2, 0) is 4.79 Å². The molecule has 1 aromatic carbocycles. The molecule has 2 saturated heterocycles. The number of nitrogens with one attached hydrogen (secondary N) is 2. The number of anilines is 1. The largest absolute Gasteiger partial charge is 0.324 e. The Balaban J connectivity index is 1.47. The van der Waals surface area contributed by atoms with Crippen LogP contribution in [0.15, 0.2) is 18.2 Å². The van der Waals surface area contributed by atoms with E-state index in [-0.39, 0.29) is 5.91 Å². The van der Waals surface area contributed by atoms with E-state index in [1.165, 1.54) is 6.42 Å². The minimum absolute atomic E-state index is 0.0957. The van der Waals surface area contributed by atoms with E-state index in [9.17, 15) is 4.79 Å². The van der Waals surface area contributed by atoms with Gasteiger partial charge in [0.05, 0.1) is 6.54 Å². The summed E-state index contributed by atoms with van der Waals surface area (Å²) in [6.45, 7) is 10.9. The lowest BCUT2D eigenvalue weighted by atomic mass is 10.1. The van der Waals surface area contributed by atoms with Crippen LogP contribution in [0.5, 0.6) is 0 Å². The van der Waals surface area contributed by atoms with Crippen LogP contribution in [0.4, 0.5) is 5.69 Å².